The van der Waals surface area contributed by atoms with Crippen LogP contribution in [0.2, 0.25) is 0 Å². The zero-order valence-electron chi connectivity index (χ0n) is 15.9. The Morgan fingerprint density at radius 3 is 1.73 bits per heavy atom. The molecule has 0 aromatic heterocycles. The van der Waals surface area contributed by atoms with Gasteiger partial charge in [-0.25, -0.2) is 8.42 Å². The molecule has 0 aliphatic carbocycles. The summed E-state index contributed by atoms with van der Waals surface area (Å²) < 4.78 is 55.4. The second-order valence-electron chi connectivity index (χ2n) is 6.99. The van der Waals surface area contributed by atoms with Gasteiger partial charge in [0, 0.05) is 0 Å². The van der Waals surface area contributed by atoms with Crippen molar-refractivity contribution in [3.8, 4) is 0 Å². The molecule has 1 aromatic rings. The molecular weight excluding hydrogens is 358 g/mol. The molecule has 0 aliphatic rings. The van der Waals surface area contributed by atoms with Gasteiger partial charge in [-0.05, 0) is 25.0 Å². The van der Waals surface area contributed by atoms with E-state index in [1.54, 1.807) is 6.07 Å². The van der Waals surface area contributed by atoms with E-state index in [9.17, 15) is 13.5 Å². The van der Waals surface area contributed by atoms with Crippen LogP contribution in [0.5, 0.6) is 0 Å². The van der Waals surface area contributed by atoms with E-state index in [2.05, 4.69) is 0 Å². The predicted octanol–water partition coefficient (Wildman–Crippen LogP) is 5.73. The summed E-state index contributed by atoms with van der Waals surface area (Å²) in [6, 6.07) is 6.68. The number of rotatable bonds is 13. The van der Waals surface area contributed by atoms with Crippen LogP contribution in [0.1, 0.15) is 78.1 Å². The third-order valence-electron chi connectivity index (χ3n) is 4.82. The van der Waals surface area contributed by atoms with E-state index in [1.807, 2.05) is 13.8 Å². The van der Waals surface area contributed by atoms with Gasteiger partial charge in [0.05, 0.1) is 4.90 Å². The molecule has 0 spiro atoms. The van der Waals surface area contributed by atoms with Gasteiger partial charge in [-0.1, -0.05) is 83.4 Å². The Labute approximate surface area is 156 Å². The number of benzene rings is 1. The van der Waals surface area contributed by atoms with E-state index in [0.717, 1.165) is 37.8 Å². The third-order valence-corrected chi connectivity index (χ3v) is 6.77. The minimum absolute atomic E-state index is 0.210. The van der Waals surface area contributed by atoms with Crippen LogP contribution in [0.3, 0.4) is 0 Å². The zero-order valence-corrected chi connectivity index (χ0v) is 16.7. The Bertz CT molecular complexity index is 603. The summed E-state index contributed by atoms with van der Waals surface area (Å²) in [6.45, 7) is 4.01. The molecule has 1 N–H and O–H groups in total. The largest absolute Gasteiger partial charge is 0.382 e. The summed E-state index contributed by atoms with van der Waals surface area (Å²) in [5, 5.41) is 6.58. The second kappa shape index (κ2) is 10.4. The molecule has 0 saturated heterocycles. The minimum atomic E-state index is -4.96. The Hall–Kier alpha value is -1.01. The van der Waals surface area contributed by atoms with Crippen molar-refractivity contribution in [2.45, 2.75) is 93.8 Å². The minimum Gasteiger partial charge on any atom is -0.382 e. The van der Waals surface area contributed by atoms with E-state index in [4.69, 9.17) is 0 Å². The fraction of sp³-hybridized carbons (Fsp3) is 0.700. The van der Waals surface area contributed by atoms with Crippen molar-refractivity contribution < 1.29 is 22.3 Å². The quantitative estimate of drug-likeness (QED) is 0.438. The van der Waals surface area contributed by atoms with Crippen molar-refractivity contribution >= 4 is 9.84 Å². The van der Waals surface area contributed by atoms with Gasteiger partial charge in [0.25, 0.3) is 0 Å². The molecule has 0 saturated carbocycles. The number of unbranched alkanes of at least 4 members (excludes halogenated alkanes) is 6. The van der Waals surface area contributed by atoms with Crippen LogP contribution >= 0.6 is 0 Å². The maximum absolute atomic E-state index is 15.1. The molecule has 0 heterocycles. The summed E-state index contributed by atoms with van der Waals surface area (Å²) in [6.07, 6.45) is 5.39. The van der Waals surface area contributed by atoms with E-state index in [-0.39, 0.29) is 12.8 Å². The van der Waals surface area contributed by atoms with Crippen LogP contribution < -0.4 is 0 Å². The molecular formula is C20H32F2O3S. The molecule has 1 rings (SSSR count). The van der Waals surface area contributed by atoms with Gasteiger partial charge in [0.15, 0.2) is 0 Å². The van der Waals surface area contributed by atoms with Crippen LogP contribution in [0.4, 0.5) is 8.78 Å². The van der Waals surface area contributed by atoms with E-state index in [0.29, 0.717) is 25.7 Å². The lowest BCUT2D eigenvalue weighted by atomic mass is 9.90. The Balaban J connectivity index is 3.07. The summed E-state index contributed by atoms with van der Waals surface area (Å²) in [5.41, 5.74) is -2.54. The SMILES string of the molecule is CCCCCCC(O)(CCCCCC)C(F)(F)S(=O)(=O)c1ccccc1. The van der Waals surface area contributed by atoms with Crippen molar-refractivity contribution in [2.75, 3.05) is 0 Å². The van der Waals surface area contributed by atoms with Gasteiger partial charge in [0.2, 0.25) is 9.84 Å². The van der Waals surface area contributed by atoms with Gasteiger partial charge in [-0.15, -0.1) is 0 Å². The molecule has 6 heteroatoms. The highest BCUT2D eigenvalue weighted by Crippen LogP contribution is 2.44. The van der Waals surface area contributed by atoms with Crippen LogP contribution in [-0.4, -0.2) is 24.4 Å². The lowest BCUT2D eigenvalue weighted by Crippen LogP contribution is -2.53. The topological polar surface area (TPSA) is 54.4 Å². The summed E-state index contributed by atoms with van der Waals surface area (Å²) in [5.74, 6) is 0. The van der Waals surface area contributed by atoms with Crippen LogP contribution in [0.25, 0.3) is 0 Å². The highest BCUT2D eigenvalue weighted by atomic mass is 32.2. The molecule has 0 fully saturated rings. The summed E-state index contributed by atoms with van der Waals surface area (Å²) in [4.78, 5) is -0.453. The van der Waals surface area contributed by atoms with Crippen molar-refractivity contribution in [1.29, 1.82) is 0 Å². The molecule has 0 bridgehead atoms. The number of halogens is 2. The van der Waals surface area contributed by atoms with Crippen molar-refractivity contribution in [3.63, 3.8) is 0 Å². The lowest BCUT2D eigenvalue weighted by molar-refractivity contribution is -0.137. The number of alkyl halides is 2. The zero-order chi connectivity index (χ0) is 19.7. The average Bonchev–Trinajstić information content (AvgIpc) is 2.63. The van der Waals surface area contributed by atoms with Gasteiger partial charge >= 0.3 is 5.25 Å². The van der Waals surface area contributed by atoms with Crippen LogP contribution in [-0.2, 0) is 9.84 Å². The summed E-state index contributed by atoms with van der Waals surface area (Å²) >= 11 is 0. The molecule has 3 nitrogen and oxygen atoms in total. The molecule has 0 amide bonds. The first-order chi connectivity index (χ1) is 12.2. The van der Waals surface area contributed by atoms with E-state index >= 15 is 8.78 Å². The Kier molecular flexibility index (Phi) is 9.17. The molecule has 1 aromatic carbocycles. The van der Waals surface area contributed by atoms with Gasteiger partial charge < -0.3 is 5.11 Å². The molecule has 26 heavy (non-hydrogen) atoms. The average molecular weight is 391 g/mol. The van der Waals surface area contributed by atoms with Crippen molar-refractivity contribution in [1.82, 2.24) is 0 Å². The predicted molar refractivity (Wildman–Crippen MR) is 101 cm³/mol. The van der Waals surface area contributed by atoms with Gasteiger partial charge in [0.1, 0.15) is 5.60 Å². The molecule has 0 aliphatic heterocycles. The first-order valence-electron chi connectivity index (χ1n) is 9.63. The second-order valence-corrected chi connectivity index (χ2v) is 8.98. The number of hydrogen-bond donors (Lipinski definition) is 1. The normalized spacial score (nSPS) is 13.1. The third kappa shape index (κ3) is 5.49. The van der Waals surface area contributed by atoms with Crippen LogP contribution in [0, 0.1) is 0 Å². The standard InChI is InChI=1S/C20H32F2O3S/c1-3-5-7-12-16-19(23,17-13-8-6-4-2)20(21,22)26(24,25)18-14-10-9-11-15-18/h9-11,14-15,23H,3-8,12-13,16-17H2,1-2H3. The van der Waals surface area contributed by atoms with E-state index < -0.39 is 25.6 Å². The highest BCUT2D eigenvalue weighted by molar-refractivity contribution is 7.92. The van der Waals surface area contributed by atoms with E-state index in [1.165, 1.54) is 12.1 Å². The van der Waals surface area contributed by atoms with Crippen LogP contribution in [0.15, 0.2) is 35.2 Å². The Morgan fingerprint density at radius 2 is 1.31 bits per heavy atom. The molecule has 0 unspecified atom stereocenters. The first kappa shape index (κ1) is 23.0. The molecule has 150 valence electrons. The van der Waals surface area contributed by atoms with Gasteiger partial charge in [-0.2, -0.15) is 8.78 Å². The number of hydrogen-bond acceptors (Lipinski definition) is 3. The smallest absolute Gasteiger partial charge is 0.377 e. The first-order valence-corrected chi connectivity index (χ1v) is 11.1. The maximum atomic E-state index is 15.1. The Morgan fingerprint density at radius 1 is 0.846 bits per heavy atom. The van der Waals surface area contributed by atoms with Gasteiger partial charge in [-0.3, -0.25) is 0 Å². The maximum Gasteiger partial charge on any atom is 0.377 e. The monoisotopic (exact) mass is 390 g/mol. The van der Waals surface area contributed by atoms with Crippen molar-refractivity contribution in [2.24, 2.45) is 0 Å². The lowest BCUT2D eigenvalue weighted by Gasteiger charge is -2.35. The van der Waals surface area contributed by atoms with Crippen molar-refractivity contribution in [3.05, 3.63) is 30.3 Å². The fourth-order valence-corrected chi connectivity index (χ4v) is 4.62. The molecule has 0 radical (unpaired) electrons. The highest BCUT2D eigenvalue weighted by Gasteiger charge is 2.61. The fourth-order valence-electron chi connectivity index (χ4n) is 3.10. The number of sulfone groups is 1. The molecule has 0 atom stereocenters. The summed E-state index contributed by atoms with van der Waals surface area (Å²) in [7, 11) is -4.96. The number of aliphatic hydroxyl groups is 1.